The predicted octanol–water partition coefficient (Wildman–Crippen LogP) is 2.48. The highest BCUT2D eigenvalue weighted by Gasteiger charge is 2.17. The van der Waals surface area contributed by atoms with Crippen LogP contribution in [0.2, 0.25) is 0 Å². The molecule has 2 rings (SSSR count). The van der Waals surface area contributed by atoms with Crippen LogP contribution in [-0.2, 0) is 4.79 Å². The number of nitrogens with one attached hydrogen (secondary N) is 1. The van der Waals surface area contributed by atoms with E-state index >= 15 is 0 Å². The van der Waals surface area contributed by atoms with Crippen molar-refractivity contribution in [3.63, 3.8) is 0 Å². The van der Waals surface area contributed by atoms with E-state index < -0.39 is 5.97 Å². The van der Waals surface area contributed by atoms with Crippen LogP contribution in [0.25, 0.3) is 0 Å². The standard InChI is InChI=1S/C18H21NO5/c1-19-18(15-9-8-14(22-2)10-16(15)23-3)12-4-6-13(7-5-12)24-11-17(20)21/h4-10,18-19H,11H2,1-3H3,(H,20,21). The van der Waals surface area contributed by atoms with Crippen molar-refractivity contribution in [1.29, 1.82) is 0 Å². The van der Waals surface area contributed by atoms with Gasteiger partial charge >= 0.3 is 5.97 Å². The molecular weight excluding hydrogens is 310 g/mol. The first-order chi connectivity index (χ1) is 11.6. The fourth-order valence-corrected chi connectivity index (χ4v) is 2.46. The fourth-order valence-electron chi connectivity index (χ4n) is 2.46. The highest BCUT2D eigenvalue weighted by molar-refractivity contribution is 5.68. The molecular formula is C18H21NO5. The molecule has 1 atom stereocenters. The molecule has 2 N–H and O–H groups in total. The largest absolute Gasteiger partial charge is 0.497 e. The molecule has 0 radical (unpaired) electrons. The second-order valence-electron chi connectivity index (χ2n) is 5.08. The number of hydrogen-bond acceptors (Lipinski definition) is 5. The normalized spacial score (nSPS) is 11.6. The zero-order valence-corrected chi connectivity index (χ0v) is 13.9. The lowest BCUT2D eigenvalue weighted by Gasteiger charge is -2.20. The minimum Gasteiger partial charge on any atom is -0.497 e. The molecule has 0 saturated heterocycles. The maximum absolute atomic E-state index is 10.5. The molecule has 2 aromatic carbocycles. The first kappa shape index (κ1) is 17.6. The van der Waals surface area contributed by atoms with Crippen molar-refractivity contribution in [1.82, 2.24) is 5.32 Å². The maximum atomic E-state index is 10.5. The summed E-state index contributed by atoms with van der Waals surface area (Å²) in [6.45, 7) is -0.360. The molecule has 0 saturated carbocycles. The van der Waals surface area contributed by atoms with Gasteiger partial charge in [0.1, 0.15) is 17.2 Å². The van der Waals surface area contributed by atoms with Crippen molar-refractivity contribution in [3.8, 4) is 17.2 Å². The van der Waals surface area contributed by atoms with E-state index in [4.69, 9.17) is 19.3 Å². The third kappa shape index (κ3) is 4.17. The van der Waals surface area contributed by atoms with E-state index in [1.165, 1.54) is 0 Å². The number of benzene rings is 2. The van der Waals surface area contributed by atoms with Gasteiger partial charge in [-0.25, -0.2) is 4.79 Å². The minimum absolute atomic E-state index is 0.0839. The van der Waals surface area contributed by atoms with Crippen molar-refractivity contribution in [2.24, 2.45) is 0 Å². The lowest BCUT2D eigenvalue weighted by atomic mass is 9.97. The molecule has 128 valence electrons. The Bertz CT molecular complexity index is 684. The van der Waals surface area contributed by atoms with E-state index in [0.29, 0.717) is 5.75 Å². The molecule has 0 bridgehead atoms. The fraction of sp³-hybridized carbons (Fsp3) is 0.278. The van der Waals surface area contributed by atoms with E-state index in [2.05, 4.69) is 5.32 Å². The lowest BCUT2D eigenvalue weighted by Crippen LogP contribution is -2.18. The smallest absolute Gasteiger partial charge is 0.341 e. The average molecular weight is 331 g/mol. The third-order valence-electron chi connectivity index (χ3n) is 3.62. The second kappa shape index (κ2) is 8.21. The Labute approximate surface area is 141 Å². The van der Waals surface area contributed by atoms with Crippen LogP contribution in [0.3, 0.4) is 0 Å². The SMILES string of the molecule is CNC(c1ccc(OCC(=O)O)cc1)c1ccc(OC)cc1OC. The molecule has 6 nitrogen and oxygen atoms in total. The molecule has 6 heteroatoms. The first-order valence-electron chi connectivity index (χ1n) is 7.42. The van der Waals surface area contributed by atoms with Gasteiger partial charge in [0.2, 0.25) is 0 Å². The van der Waals surface area contributed by atoms with Crippen molar-refractivity contribution in [2.75, 3.05) is 27.9 Å². The summed E-state index contributed by atoms with van der Waals surface area (Å²) in [5.41, 5.74) is 1.98. The summed E-state index contributed by atoms with van der Waals surface area (Å²) < 4.78 is 15.9. The summed E-state index contributed by atoms with van der Waals surface area (Å²) in [5.74, 6) is 0.954. The van der Waals surface area contributed by atoms with E-state index in [1.807, 2.05) is 37.4 Å². The quantitative estimate of drug-likeness (QED) is 0.774. The zero-order chi connectivity index (χ0) is 17.5. The Morgan fingerprint density at radius 2 is 1.75 bits per heavy atom. The maximum Gasteiger partial charge on any atom is 0.341 e. The van der Waals surface area contributed by atoms with E-state index in [-0.39, 0.29) is 12.6 Å². The summed E-state index contributed by atoms with van der Waals surface area (Å²) in [5, 5.41) is 11.9. The van der Waals surface area contributed by atoms with Crippen LogP contribution in [0.4, 0.5) is 0 Å². The van der Waals surface area contributed by atoms with Crippen LogP contribution in [0.5, 0.6) is 17.2 Å². The average Bonchev–Trinajstić information content (AvgIpc) is 2.61. The molecule has 0 fully saturated rings. The predicted molar refractivity (Wildman–Crippen MR) is 90.0 cm³/mol. The van der Waals surface area contributed by atoms with Gasteiger partial charge in [0, 0.05) is 11.6 Å². The number of carbonyl (C=O) groups is 1. The Balaban J connectivity index is 2.26. The van der Waals surface area contributed by atoms with Crippen molar-refractivity contribution >= 4 is 5.97 Å². The molecule has 0 aliphatic rings. The van der Waals surface area contributed by atoms with E-state index in [9.17, 15) is 4.79 Å². The minimum atomic E-state index is -1.00. The van der Waals surface area contributed by atoms with Crippen LogP contribution in [0.1, 0.15) is 17.2 Å². The molecule has 0 amide bonds. The Kier molecular flexibility index (Phi) is 6.03. The van der Waals surface area contributed by atoms with Gasteiger partial charge in [-0.3, -0.25) is 0 Å². The van der Waals surface area contributed by atoms with Gasteiger partial charge in [-0.05, 0) is 36.9 Å². The zero-order valence-electron chi connectivity index (χ0n) is 13.9. The van der Waals surface area contributed by atoms with Gasteiger partial charge in [0.25, 0.3) is 0 Å². The summed E-state index contributed by atoms with van der Waals surface area (Å²) in [6, 6.07) is 12.9. The topological polar surface area (TPSA) is 77.0 Å². The third-order valence-corrected chi connectivity index (χ3v) is 3.62. The summed E-state index contributed by atoms with van der Waals surface area (Å²) in [7, 11) is 5.09. The van der Waals surface area contributed by atoms with E-state index in [0.717, 1.165) is 22.6 Å². The highest BCUT2D eigenvalue weighted by Crippen LogP contribution is 2.33. The molecule has 0 aromatic heterocycles. The number of aliphatic carboxylic acids is 1. The van der Waals surface area contributed by atoms with Crippen molar-refractivity contribution in [3.05, 3.63) is 53.6 Å². The Morgan fingerprint density at radius 3 is 2.29 bits per heavy atom. The first-order valence-corrected chi connectivity index (χ1v) is 7.42. The molecule has 2 aromatic rings. The highest BCUT2D eigenvalue weighted by atomic mass is 16.5. The molecule has 0 spiro atoms. The van der Waals surface area contributed by atoms with Gasteiger partial charge in [-0.15, -0.1) is 0 Å². The van der Waals surface area contributed by atoms with Crippen LogP contribution < -0.4 is 19.5 Å². The molecule has 0 aliphatic carbocycles. The van der Waals surface area contributed by atoms with Gasteiger partial charge in [0.15, 0.2) is 6.61 Å². The van der Waals surface area contributed by atoms with Gasteiger partial charge in [-0.2, -0.15) is 0 Å². The van der Waals surface area contributed by atoms with Gasteiger partial charge in [0.05, 0.1) is 20.3 Å². The summed E-state index contributed by atoms with van der Waals surface area (Å²) in [4.78, 5) is 10.5. The second-order valence-corrected chi connectivity index (χ2v) is 5.08. The van der Waals surface area contributed by atoms with Gasteiger partial charge in [-0.1, -0.05) is 12.1 Å². The summed E-state index contributed by atoms with van der Waals surface area (Å²) in [6.07, 6.45) is 0. The Hall–Kier alpha value is -2.73. The van der Waals surface area contributed by atoms with Crippen LogP contribution >= 0.6 is 0 Å². The van der Waals surface area contributed by atoms with Crippen LogP contribution in [0.15, 0.2) is 42.5 Å². The lowest BCUT2D eigenvalue weighted by molar-refractivity contribution is -0.139. The molecule has 0 aliphatic heterocycles. The number of methoxy groups -OCH3 is 2. The number of hydrogen-bond donors (Lipinski definition) is 2. The summed E-state index contributed by atoms with van der Waals surface area (Å²) >= 11 is 0. The van der Waals surface area contributed by atoms with Crippen LogP contribution in [-0.4, -0.2) is 38.9 Å². The Morgan fingerprint density at radius 1 is 1.08 bits per heavy atom. The monoisotopic (exact) mass is 331 g/mol. The van der Waals surface area contributed by atoms with Crippen molar-refractivity contribution in [2.45, 2.75) is 6.04 Å². The number of rotatable bonds is 8. The molecule has 1 unspecified atom stereocenters. The van der Waals surface area contributed by atoms with Gasteiger partial charge < -0.3 is 24.6 Å². The van der Waals surface area contributed by atoms with E-state index in [1.54, 1.807) is 26.4 Å². The number of carboxylic acid groups (broad SMARTS) is 1. The van der Waals surface area contributed by atoms with Crippen molar-refractivity contribution < 1.29 is 24.1 Å². The molecule has 24 heavy (non-hydrogen) atoms. The molecule has 0 heterocycles. The number of ether oxygens (including phenoxy) is 3. The number of carboxylic acids is 1. The van der Waals surface area contributed by atoms with Crippen LogP contribution in [0, 0.1) is 0 Å².